The number of benzene rings is 1. The molecule has 4 heterocycles. The molecule has 11 atom stereocenters. The van der Waals surface area contributed by atoms with E-state index in [2.05, 4.69) is 16.0 Å². The van der Waals surface area contributed by atoms with Gasteiger partial charge in [-0.15, -0.1) is 35.3 Å². The summed E-state index contributed by atoms with van der Waals surface area (Å²) in [6, 6.07) is 2.37. The first-order valence-corrected chi connectivity index (χ1v) is 34.8. The third kappa shape index (κ3) is 18.9. The van der Waals surface area contributed by atoms with Crippen molar-refractivity contribution in [3.8, 4) is 5.75 Å². The number of rotatable bonds is 23. The van der Waals surface area contributed by atoms with E-state index < -0.39 is 111 Å². The van der Waals surface area contributed by atoms with Crippen LogP contribution in [0.15, 0.2) is 35.9 Å². The molecular weight excluding hydrogens is 1270 g/mol. The van der Waals surface area contributed by atoms with Crippen LogP contribution in [0.5, 0.6) is 5.75 Å². The average molecular weight is 1370 g/mol. The smallest absolute Gasteiger partial charge is 0.409 e. The van der Waals surface area contributed by atoms with Crippen molar-refractivity contribution in [1.29, 1.82) is 0 Å². The lowest BCUT2D eigenvalue weighted by Crippen LogP contribution is -2.63. The van der Waals surface area contributed by atoms with Crippen LogP contribution in [0, 0.1) is 35.0 Å². The Morgan fingerprint density at radius 1 is 1.02 bits per heavy atom. The van der Waals surface area contributed by atoms with Crippen LogP contribution in [0.1, 0.15) is 133 Å². The number of hydrogen-bond acceptors (Lipinski definition) is 19. The minimum atomic E-state index is -1.89. The number of halogens is 1. The lowest BCUT2D eigenvalue weighted by atomic mass is 9.70. The van der Waals surface area contributed by atoms with Crippen molar-refractivity contribution in [2.45, 2.75) is 185 Å². The molecule has 6 rings (SSSR count). The number of likely N-dealkylation sites (N-methyl/N-ethyl adjacent to an activating group) is 1. The summed E-state index contributed by atoms with van der Waals surface area (Å²) >= 11 is 16.5. The van der Waals surface area contributed by atoms with Crippen molar-refractivity contribution in [3.63, 3.8) is 0 Å². The fourth-order valence-corrected chi connectivity index (χ4v) is 17.0. The lowest BCUT2D eigenvalue weighted by Gasteiger charge is -2.42. The first-order valence-electron chi connectivity index (χ1n) is 31.1. The Labute approximate surface area is 558 Å². The molecule has 4 fully saturated rings. The molecule has 91 heavy (non-hydrogen) atoms. The van der Waals surface area contributed by atoms with E-state index in [1.165, 1.54) is 66.4 Å². The first kappa shape index (κ1) is 75.1. The Morgan fingerprint density at radius 2 is 1.69 bits per heavy atom. The maximum Gasteiger partial charge on any atom is 0.409 e. The van der Waals surface area contributed by atoms with Gasteiger partial charge in [-0.2, -0.15) is 0 Å². The SMILES string of the molecule is CCSC(=S)SC(C)(C)C(CC(C)(C)C(C)C(=O)NCCNC(=O)C1CCC(CN2C(=O)CC(SCCC(=O)N(C)C(C)C(=O)OC3CC(=O)N(C)c4cc(cc(OC)c4Cl)C/C(C)=C/C=C/[C@@H](OC)[C@@]4(O)CC(OC(=O)N4)C(C)[C@@H]4O[C@@]34C)C2=O)CC1)C(N)=O. The van der Waals surface area contributed by atoms with Crippen LogP contribution in [-0.4, -0.2) is 183 Å². The molecule has 7 unspecified atom stereocenters. The number of alkyl carbamates (subject to hydrolysis) is 1. The molecule has 4 aliphatic heterocycles. The summed E-state index contributed by atoms with van der Waals surface area (Å²) in [6.07, 6.45) is 2.97. The van der Waals surface area contributed by atoms with Crippen LogP contribution >= 0.6 is 59.1 Å². The van der Waals surface area contributed by atoms with Gasteiger partial charge in [0.1, 0.15) is 44.3 Å². The number of epoxide rings is 1. The zero-order valence-electron chi connectivity index (χ0n) is 54.9. The second-order valence-electron chi connectivity index (χ2n) is 26.1. The normalized spacial score (nSPS) is 28.4. The zero-order chi connectivity index (χ0) is 67.7. The standard InChI is InChI=1S/C64H94ClN7O15S4/c1-15-89-60(88)91-62(8,9)42(54(66)76)32-61(6,7)37(4)55(77)67-24-25-68-56(78)41-21-19-39(20-22-41)34-72-51(75)30-46(57(72)79)90-26-23-49(73)70(11)38(5)58(80)86-48-31-50(74)71(12)43-28-40(29-44(83-13)52(43)65)27-35(2)17-16-18-47(84-14)64(82)33-45(85-59(81)69-64)36(3)53-63(48,10)87-53/h16-18,28-29,36-39,41-42,45-48,53,82H,15,19-27,30-34H2,1-14H3,(H2,66,76)(H,67,77)(H,68,78)(H,69,81)/b18-16+,35-17+/t36?,37?,38?,39?,41?,42?,45?,46?,47-,48?,53+,63+,64+/m1/s1. The predicted octanol–water partition coefficient (Wildman–Crippen LogP) is 7.51. The minimum absolute atomic E-state index is 0.00580. The van der Waals surface area contributed by atoms with Crippen molar-refractivity contribution in [3.05, 3.63) is 46.5 Å². The quantitative estimate of drug-likeness (QED) is 0.0233. The summed E-state index contributed by atoms with van der Waals surface area (Å²) in [5.41, 5.74) is 4.09. The van der Waals surface area contributed by atoms with Crippen molar-refractivity contribution >= 4 is 122 Å². The second-order valence-corrected chi connectivity index (χ2v) is 31.9. The number of primary amides is 1. The number of amides is 8. The molecule has 6 N–H and O–H groups in total. The molecule has 0 aromatic heterocycles. The Kier molecular flexibility index (Phi) is 26.4. The highest BCUT2D eigenvalue weighted by atomic mass is 35.5. The molecule has 0 radical (unpaired) electrons. The summed E-state index contributed by atoms with van der Waals surface area (Å²) in [4.78, 5) is 126. The first-order chi connectivity index (χ1) is 42.6. The number of aliphatic hydroxyl groups is 1. The summed E-state index contributed by atoms with van der Waals surface area (Å²) in [7, 11) is 5.87. The predicted molar refractivity (Wildman–Crippen MR) is 357 cm³/mol. The number of thiocarbonyl (C=S) groups is 1. The van der Waals surface area contributed by atoms with Gasteiger partial charge in [0.2, 0.25) is 41.4 Å². The summed E-state index contributed by atoms with van der Waals surface area (Å²) < 4.78 is 29.7. The van der Waals surface area contributed by atoms with E-state index in [4.69, 9.17) is 53.2 Å². The second kappa shape index (κ2) is 32.0. The van der Waals surface area contributed by atoms with Gasteiger partial charge in [0.15, 0.2) is 5.72 Å². The molecule has 0 spiro atoms. The molecule has 4 bridgehead atoms. The van der Waals surface area contributed by atoms with Gasteiger partial charge in [0.05, 0.1) is 36.5 Å². The lowest BCUT2D eigenvalue weighted by molar-refractivity contribution is -0.162. The van der Waals surface area contributed by atoms with Crippen LogP contribution in [0.25, 0.3) is 0 Å². The molecule has 1 aliphatic carbocycles. The van der Waals surface area contributed by atoms with Crippen LogP contribution in [0.2, 0.25) is 5.02 Å². The fraction of sp³-hybridized carbons (Fsp3) is 0.688. The van der Waals surface area contributed by atoms with Crippen LogP contribution < -0.4 is 31.3 Å². The number of ether oxygens (including phenoxy) is 5. The van der Waals surface area contributed by atoms with Gasteiger partial charge in [-0.25, -0.2) is 9.59 Å². The Bertz CT molecular complexity index is 2960. The van der Waals surface area contributed by atoms with E-state index in [0.717, 1.165) is 20.4 Å². The monoisotopic (exact) mass is 1360 g/mol. The molecule has 8 amide bonds. The number of thioether (sulfide) groups is 3. The van der Waals surface area contributed by atoms with E-state index in [1.807, 2.05) is 54.5 Å². The molecule has 27 heteroatoms. The van der Waals surface area contributed by atoms with Gasteiger partial charge in [0, 0.05) is 88.4 Å². The van der Waals surface area contributed by atoms with E-state index in [0.29, 0.717) is 50.0 Å². The molecule has 22 nitrogen and oxygen atoms in total. The van der Waals surface area contributed by atoms with Crippen molar-refractivity contribution < 1.29 is 71.9 Å². The molecule has 1 saturated carbocycles. The molecule has 1 aromatic carbocycles. The Balaban J connectivity index is 0.990. The summed E-state index contributed by atoms with van der Waals surface area (Å²) in [5.74, 6) is -3.73. The number of likely N-dealkylation sites (tertiary alicyclic amines) is 1. The Morgan fingerprint density at radius 3 is 2.33 bits per heavy atom. The number of nitrogens with one attached hydrogen (secondary N) is 3. The van der Waals surface area contributed by atoms with Crippen LogP contribution in [-0.2, 0) is 63.7 Å². The van der Waals surface area contributed by atoms with Crippen LogP contribution in [0.4, 0.5) is 10.5 Å². The summed E-state index contributed by atoms with van der Waals surface area (Å²) in [5, 5.41) is 19.8. The number of imide groups is 1. The molecular formula is C64H94ClN7O15S4. The highest BCUT2D eigenvalue weighted by Gasteiger charge is 2.64. The number of methoxy groups -OCH3 is 2. The zero-order valence-corrected chi connectivity index (χ0v) is 59.0. The number of fused-ring (bicyclic) bond motifs is 5. The van der Waals surface area contributed by atoms with E-state index in [1.54, 1.807) is 56.9 Å². The van der Waals surface area contributed by atoms with Gasteiger partial charge in [-0.1, -0.05) is 82.2 Å². The number of carbonyl (C=O) groups excluding carboxylic acids is 9. The maximum absolute atomic E-state index is 14.5. The van der Waals surface area contributed by atoms with E-state index in [-0.39, 0.29) is 85.1 Å². The average Bonchev–Trinajstić information content (AvgIpc) is 1.58. The largest absolute Gasteiger partial charge is 0.495 e. The van der Waals surface area contributed by atoms with Gasteiger partial charge in [-0.05, 0) is 108 Å². The van der Waals surface area contributed by atoms with E-state index in [9.17, 15) is 48.3 Å². The molecule has 506 valence electrons. The van der Waals surface area contributed by atoms with Gasteiger partial charge < -0.3 is 55.0 Å². The highest BCUT2D eigenvalue weighted by molar-refractivity contribution is 8.47. The number of nitrogens with zero attached hydrogens (tertiary/aromatic N) is 3. The van der Waals surface area contributed by atoms with Gasteiger partial charge >= 0.3 is 12.1 Å². The molecule has 1 aromatic rings. The van der Waals surface area contributed by atoms with Gasteiger partial charge in [0.25, 0.3) is 0 Å². The van der Waals surface area contributed by atoms with Crippen molar-refractivity contribution in [1.82, 2.24) is 25.8 Å². The third-order valence-corrected chi connectivity index (χ3v) is 23.1. The summed E-state index contributed by atoms with van der Waals surface area (Å²) in [6.45, 7) is 19.1. The number of allylic oxidation sites excluding steroid dienone is 3. The van der Waals surface area contributed by atoms with E-state index >= 15 is 0 Å². The Hall–Kier alpha value is -4.96. The van der Waals surface area contributed by atoms with Crippen molar-refractivity contribution in [2.24, 2.45) is 40.7 Å². The fourth-order valence-electron chi connectivity index (χ4n) is 12.4. The van der Waals surface area contributed by atoms with Gasteiger partial charge in [-0.3, -0.25) is 43.8 Å². The van der Waals surface area contributed by atoms with Crippen LogP contribution in [0.3, 0.4) is 0 Å². The topological polar surface area (TPSA) is 295 Å². The number of anilines is 1. The number of nitrogens with two attached hydrogens (primary N) is 1. The third-order valence-electron chi connectivity index (χ3n) is 18.8. The van der Waals surface area contributed by atoms with Crippen molar-refractivity contribution in [2.75, 3.05) is 64.4 Å². The molecule has 5 aliphatic rings. The number of carbonyl (C=O) groups is 9. The molecule has 3 saturated heterocycles. The minimum Gasteiger partial charge on any atom is -0.495 e. The highest BCUT2D eigenvalue weighted by Crippen LogP contribution is 2.50. The number of hydrogen-bond donors (Lipinski definition) is 5. The maximum atomic E-state index is 14.5. The number of esters is 1.